The Morgan fingerprint density at radius 3 is 1.91 bits per heavy atom. The second kappa shape index (κ2) is 3.57. The van der Waals surface area contributed by atoms with Gasteiger partial charge in [-0.15, -0.1) is 0 Å². The molecule has 0 saturated heterocycles. The molecule has 0 aliphatic heterocycles. The summed E-state index contributed by atoms with van der Waals surface area (Å²) in [6, 6.07) is 0. The standard InChI is InChI=1S/C10H20O/c1-3-5-9(6-4-2)10(11)7-8-10/h9,11H,3-8H2,1-2H3. The van der Waals surface area contributed by atoms with E-state index in [0.29, 0.717) is 5.92 Å². The number of hydrogen-bond donors (Lipinski definition) is 1. The molecule has 0 heterocycles. The largest absolute Gasteiger partial charge is 0.390 e. The highest BCUT2D eigenvalue weighted by Gasteiger charge is 2.46. The van der Waals surface area contributed by atoms with Crippen LogP contribution in [0, 0.1) is 5.92 Å². The fourth-order valence-corrected chi connectivity index (χ4v) is 1.91. The number of hydrogen-bond acceptors (Lipinski definition) is 1. The van der Waals surface area contributed by atoms with E-state index in [-0.39, 0.29) is 5.60 Å². The van der Waals surface area contributed by atoms with Crippen LogP contribution in [0.15, 0.2) is 0 Å². The van der Waals surface area contributed by atoms with E-state index in [1.54, 1.807) is 0 Å². The lowest BCUT2D eigenvalue weighted by Gasteiger charge is -2.20. The molecule has 1 nitrogen and oxygen atoms in total. The Bertz CT molecular complexity index is 110. The molecule has 0 spiro atoms. The summed E-state index contributed by atoms with van der Waals surface area (Å²) in [5, 5.41) is 9.85. The normalized spacial score (nSPS) is 20.7. The van der Waals surface area contributed by atoms with Crippen LogP contribution in [0.25, 0.3) is 0 Å². The molecule has 0 aromatic heterocycles. The van der Waals surface area contributed by atoms with Gasteiger partial charge in [-0.3, -0.25) is 0 Å². The lowest BCUT2D eigenvalue weighted by atomic mass is 9.90. The quantitative estimate of drug-likeness (QED) is 0.649. The zero-order chi connectivity index (χ0) is 8.32. The van der Waals surface area contributed by atoms with E-state index in [0.717, 1.165) is 12.8 Å². The van der Waals surface area contributed by atoms with Crippen molar-refractivity contribution < 1.29 is 5.11 Å². The molecule has 1 heteroatoms. The molecule has 1 fully saturated rings. The van der Waals surface area contributed by atoms with Crippen molar-refractivity contribution in [2.45, 2.75) is 58.0 Å². The lowest BCUT2D eigenvalue weighted by molar-refractivity contribution is 0.0712. The van der Waals surface area contributed by atoms with Crippen LogP contribution in [0.1, 0.15) is 52.4 Å². The summed E-state index contributed by atoms with van der Waals surface area (Å²) in [6.45, 7) is 4.41. The molecule has 1 rings (SSSR count). The Labute approximate surface area is 69.8 Å². The van der Waals surface area contributed by atoms with Crippen molar-refractivity contribution in [2.24, 2.45) is 5.92 Å². The third-order valence-electron chi connectivity index (χ3n) is 2.80. The van der Waals surface area contributed by atoms with E-state index in [2.05, 4.69) is 13.8 Å². The van der Waals surface area contributed by atoms with Gasteiger partial charge in [0.2, 0.25) is 0 Å². The van der Waals surface area contributed by atoms with Crippen molar-refractivity contribution in [3.05, 3.63) is 0 Å². The topological polar surface area (TPSA) is 20.2 Å². The smallest absolute Gasteiger partial charge is 0.0678 e. The van der Waals surface area contributed by atoms with Crippen LogP contribution in [0.3, 0.4) is 0 Å². The van der Waals surface area contributed by atoms with Crippen molar-refractivity contribution in [3.63, 3.8) is 0 Å². The molecule has 0 aromatic rings. The second-order valence-corrected chi connectivity index (χ2v) is 3.88. The maximum atomic E-state index is 9.85. The average Bonchev–Trinajstić information content (AvgIpc) is 2.69. The molecule has 0 aromatic carbocycles. The van der Waals surface area contributed by atoms with Gasteiger partial charge in [-0.05, 0) is 31.6 Å². The highest BCUT2D eigenvalue weighted by molar-refractivity contribution is 4.98. The van der Waals surface area contributed by atoms with Gasteiger partial charge in [0, 0.05) is 0 Å². The van der Waals surface area contributed by atoms with E-state index in [1.165, 1.54) is 25.7 Å². The van der Waals surface area contributed by atoms with Crippen LogP contribution in [-0.4, -0.2) is 10.7 Å². The SMILES string of the molecule is CCCC(CCC)C1(O)CC1. The summed E-state index contributed by atoms with van der Waals surface area (Å²) in [6.07, 6.45) is 6.96. The molecule has 66 valence electrons. The van der Waals surface area contributed by atoms with Gasteiger partial charge in [0.05, 0.1) is 5.60 Å². The first kappa shape index (κ1) is 9.05. The van der Waals surface area contributed by atoms with Crippen LogP contribution in [-0.2, 0) is 0 Å². The Hall–Kier alpha value is -0.0400. The fourth-order valence-electron chi connectivity index (χ4n) is 1.91. The minimum atomic E-state index is -0.230. The van der Waals surface area contributed by atoms with E-state index in [1.807, 2.05) is 0 Å². The van der Waals surface area contributed by atoms with E-state index >= 15 is 0 Å². The summed E-state index contributed by atoms with van der Waals surface area (Å²) < 4.78 is 0. The van der Waals surface area contributed by atoms with Gasteiger partial charge in [0.25, 0.3) is 0 Å². The highest BCUT2D eigenvalue weighted by atomic mass is 16.3. The molecule has 0 radical (unpaired) electrons. The zero-order valence-corrected chi connectivity index (χ0v) is 7.77. The zero-order valence-electron chi connectivity index (χ0n) is 7.77. The third kappa shape index (κ3) is 2.19. The maximum Gasteiger partial charge on any atom is 0.0678 e. The van der Waals surface area contributed by atoms with Gasteiger partial charge in [0.1, 0.15) is 0 Å². The van der Waals surface area contributed by atoms with E-state index in [9.17, 15) is 5.11 Å². The molecule has 0 unspecified atom stereocenters. The summed E-state index contributed by atoms with van der Waals surface area (Å²) in [4.78, 5) is 0. The van der Waals surface area contributed by atoms with Gasteiger partial charge in [-0.2, -0.15) is 0 Å². The summed E-state index contributed by atoms with van der Waals surface area (Å²) in [5.41, 5.74) is -0.230. The summed E-state index contributed by atoms with van der Waals surface area (Å²) in [5.74, 6) is 0.595. The van der Waals surface area contributed by atoms with Crippen molar-refractivity contribution in [2.75, 3.05) is 0 Å². The van der Waals surface area contributed by atoms with Crippen LogP contribution in [0.2, 0.25) is 0 Å². The summed E-state index contributed by atoms with van der Waals surface area (Å²) >= 11 is 0. The molecular weight excluding hydrogens is 136 g/mol. The first-order valence-electron chi connectivity index (χ1n) is 4.95. The molecule has 0 bridgehead atoms. The monoisotopic (exact) mass is 156 g/mol. The van der Waals surface area contributed by atoms with Crippen molar-refractivity contribution >= 4 is 0 Å². The predicted molar refractivity (Wildman–Crippen MR) is 47.5 cm³/mol. The Morgan fingerprint density at radius 2 is 1.64 bits per heavy atom. The Kier molecular flexibility index (Phi) is 2.94. The van der Waals surface area contributed by atoms with Crippen molar-refractivity contribution in [1.29, 1.82) is 0 Å². The van der Waals surface area contributed by atoms with Gasteiger partial charge in [-0.1, -0.05) is 26.7 Å². The highest BCUT2D eigenvalue weighted by Crippen LogP contribution is 2.45. The van der Waals surface area contributed by atoms with Gasteiger partial charge in [0.15, 0.2) is 0 Å². The van der Waals surface area contributed by atoms with Gasteiger partial charge >= 0.3 is 0 Å². The van der Waals surface area contributed by atoms with Crippen molar-refractivity contribution in [3.8, 4) is 0 Å². The first-order valence-corrected chi connectivity index (χ1v) is 4.95. The molecule has 0 atom stereocenters. The molecule has 1 N–H and O–H groups in total. The average molecular weight is 156 g/mol. The number of rotatable bonds is 5. The molecule has 11 heavy (non-hydrogen) atoms. The minimum absolute atomic E-state index is 0.230. The van der Waals surface area contributed by atoms with Crippen LogP contribution in [0.5, 0.6) is 0 Å². The van der Waals surface area contributed by atoms with Crippen molar-refractivity contribution in [1.82, 2.24) is 0 Å². The lowest BCUT2D eigenvalue weighted by Crippen LogP contribution is -2.21. The molecular formula is C10H20O. The van der Waals surface area contributed by atoms with Gasteiger partial charge < -0.3 is 5.11 Å². The Balaban J connectivity index is 2.32. The summed E-state index contributed by atoms with van der Waals surface area (Å²) in [7, 11) is 0. The van der Waals surface area contributed by atoms with E-state index < -0.39 is 0 Å². The van der Waals surface area contributed by atoms with E-state index in [4.69, 9.17) is 0 Å². The molecule has 1 saturated carbocycles. The molecule has 0 amide bonds. The molecule has 1 aliphatic rings. The van der Waals surface area contributed by atoms with Gasteiger partial charge in [-0.25, -0.2) is 0 Å². The fraction of sp³-hybridized carbons (Fsp3) is 1.00. The van der Waals surface area contributed by atoms with Crippen LogP contribution >= 0.6 is 0 Å². The Morgan fingerprint density at radius 1 is 1.18 bits per heavy atom. The minimum Gasteiger partial charge on any atom is -0.390 e. The van der Waals surface area contributed by atoms with Crippen LogP contribution in [0.4, 0.5) is 0 Å². The maximum absolute atomic E-state index is 9.85. The predicted octanol–water partition coefficient (Wildman–Crippen LogP) is 2.73. The first-order chi connectivity index (χ1) is 5.23. The number of aliphatic hydroxyl groups is 1. The molecule has 1 aliphatic carbocycles. The third-order valence-corrected chi connectivity index (χ3v) is 2.80. The second-order valence-electron chi connectivity index (χ2n) is 3.88. The van der Waals surface area contributed by atoms with Crippen LogP contribution < -0.4 is 0 Å².